The van der Waals surface area contributed by atoms with E-state index in [9.17, 15) is 0 Å². The Hall–Kier alpha value is -0.170. The maximum atomic E-state index is 8.74. The van der Waals surface area contributed by atoms with Crippen LogP contribution in [0.5, 0.6) is 0 Å². The molecule has 1 unspecified atom stereocenters. The third-order valence-corrected chi connectivity index (χ3v) is 1.86. The Morgan fingerprint density at radius 1 is 1.29 bits per heavy atom. The predicted octanol–water partition coefficient (Wildman–Crippen LogP) is 1.47. The molecule has 5 nitrogen and oxygen atoms in total. The molecule has 2 N–H and O–H groups in total. The first-order chi connectivity index (χ1) is 6.18. The van der Waals surface area contributed by atoms with Gasteiger partial charge in [-0.3, -0.25) is 9.11 Å². The van der Waals surface area contributed by atoms with Crippen LogP contribution in [0.3, 0.4) is 0 Å². The second-order valence-corrected chi connectivity index (χ2v) is 4.30. The minimum atomic E-state index is -4.67. The van der Waals surface area contributed by atoms with E-state index < -0.39 is 10.4 Å². The predicted molar refractivity (Wildman–Crippen MR) is 56.9 cm³/mol. The average molecular weight is 227 g/mol. The quantitative estimate of drug-likeness (QED) is 0.711. The molecule has 0 aromatic heterocycles. The van der Waals surface area contributed by atoms with Crippen molar-refractivity contribution >= 4 is 10.4 Å². The van der Waals surface area contributed by atoms with Crippen LogP contribution in [-0.2, 0) is 10.4 Å². The van der Waals surface area contributed by atoms with E-state index in [1.54, 1.807) is 0 Å². The van der Waals surface area contributed by atoms with Gasteiger partial charge in [-0.05, 0) is 27.4 Å². The second kappa shape index (κ2) is 8.16. The van der Waals surface area contributed by atoms with Gasteiger partial charge >= 0.3 is 10.4 Å². The third kappa shape index (κ3) is 22.6. The average Bonchev–Trinajstić information content (AvgIpc) is 1.96. The van der Waals surface area contributed by atoms with Gasteiger partial charge < -0.3 is 4.90 Å². The molecule has 0 aliphatic rings. The maximum Gasteiger partial charge on any atom is 0.394 e. The van der Waals surface area contributed by atoms with Crippen molar-refractivity contribution in [1.29, 1.82) is 0 Å². The SMILES string of the molecule is CCCCC(C)N(C)C.O=S(=O)(O)O. The molecule has 0 saturated carbocycles. The van der Waals surface area contributed by atoms with Crippen molar-refractivity contribution in [3.63, 3.8) is 0 Å². The third-order valence-electron chi connectivity index (χ3n) is 1.86. The molecule has 0 saturated heterocycles. The minimum absolute atomic E-state index is 0.755. The summed E-state index contributed by atoms with van der Waals surface area (Å²) in [7, 11) is -0.388. The molecule has 0 bridgehead atoms. The Morgan fingerprint density at radius 2 is 1.64 bits per heavy atom. The van der Waals surface area contributed by atoms with E-state index in [2.05, 4.69) is 32.8 Å². The lowest BCUT2D eigenvalue weighted by molar-refractivity contribution is 0.293. The smallest absolute Gasteiger partial charge is 0.307 e. The van der Waals surface area contributed by atoms with E-state index in [1.165, 1.54) is 19.3 Å². The van der Waals surface area contributed by atoms with Gasteiger partial charge in [0.2, 0.25) is 0 Å². The van der Waals surface area contributed by atoms with Crippen molar-refractivity contribution in [3.05, 3.63) is 0 Å². The Bertz CT molecular complexity index is 205. The van der Waals surface area contributed by atoms with Crippen molar-refractivity contribution in [2.75, 3.05) is 14.1 Å². The fraction of sp³-hybridized carbons (Fsp3) is 1.00. The Labute approximate surface area is 86.7 Å². The summed E-state index contributed by atoms with van der Waals surface area (Å²) in [5, 5.41) is 0. The number of unbranched alkanes of at least 4 members (excludes halogenated alkanes) is 1. The summed E-state index contributed by atoms with van der Waals surface area (Å²) in [6.07, 6.45) is 4.01. The topological polar surface area (TPSA) is 77.8 Å². The van der Waals surface area contributed by atoms with Crippen LogP contribution in [0.1, 0.15) is 33.1 Å². The summed E-state index contributed by atoms with van der Waals surface area (Å²) in [5.41, 5.74) is 0. The second-order valence-electron chi connectivity index (χ2n) is 3.40. The highest BCUT2D eigenvalue weighted by molar-refractivity contribution is 7.79. The van der Waals surface area contributed by atoms with Gasteiger partial charge in [0.1, 0.15) is 0 Å². The first kappa shape index (κ1) is 16.3. The van der Waals surface area contributed by atoms with E-state index >= 15 is 0 Å². The van der Waals surface area contributed by atoms with Crippen LogP contribution in [0.4, 0.5) is 0 Å². The summed E-state index contributed by atoms with van der Waals surface area (Å²) in [4.78, 5) is 2.27. The molecule has 0 heterocycles. The van der Waals surface area contributed by atoms with E-state index in [0.717, 1.165) is 6.04 Å². The van der Waals surface area contributed by atoms with Crippen LogP contribution >= 0.6 is 0 Å². The zero-order valence-corrected chi connectivity index (χ0v) is 10.1. The molecule has 0 rings (SSSR count). The molecule has 0 aromatic rings. The fourth-order valence-electron chi connectivity index (χ4n) is 0.758. The van der Waals surface area contributed by atoms with Crippen molar-refractivity contribution in [2.45, 2.75) is 39.2 Å². The van der Waals surface area contributed by atoms with Crippen molar-refractivity contribution in [3.8, 4) is 0 Å². The van der Waals surface area contributed by atoms with Gasteiger partial charge in [0.15, 0.2) is 0 Å². The number of hydrogen-bond donors (Lipinski definition) is 2. The largest absolute Gasteiger partial charge is 0.394 e. The molecule has 0 aliphatic heterocycles. The first-order valence-electron chi connectivity index (χ1n) is 4.54. The molecule has 6 heteroatoms. The van der Waals surface area contributed by atoms with Gasteiger partial charge in [-0.1, -0.05) is 19.8 Å². The summed E-state index contributed by atoms with van der Waals surface area (Å²) in [5.74, 6) is 0. The summed E-state index contributed by atoms with van der Waals surface area (Å²) in [6, 6.07) is 0.755. The molecular formula is C8H21NO4S. The molecule has 0 aliphatic carbocycles. The lowest BCUT2D eigenvalue weighted by atomic mass is 10.1. The van der Waals surface area contributed by atoms with Crippen molar-refractivity contribution in [1.82, 2.24) is 4.90 Å². The van der Waals surface area contributed by atoms with Gasteiger partial charge in [-0.2, -0.15) is 8.42 Å². The van der Waals surface area contributed by atoms with Crippen LogP contribution in [0.2, 0.25) is 0 Å². The molecule has 0 fully saturated rings. The molecule has 0 radical (unpaired) electrons. The summed E-state index contributed by atoms with van der Waals surface area (Å²) >= 11 is 0. The van der Waals surface area contributed by atoms with Crippen LogP contribution in [-0.4, -0.2) is 42.6 Å². The zero-order valence-electron chi connectivity index (χ0n) is 9.27. The number of hydrogen-bond acceptors (Lipinski definition) is 3. The number of rotatable bonds is 4. The van der Waals surface area contributed by atoms with Crippen molar-refractivity contribution in [2.24, 2.45) is 0 Å². The molecule has 0 spiro atoms. The monoisotopic (exact) mass is 227 g/mol. The Morgan fingerprint density at radius 3 is 1.86 bits per heavy atom. The molecular weight excluding hydrogens is 206 g/mol. The highest BCUT2D eigenvalue weighted by Gasteiger charge is 2.01. The van der Waals surface area contributed by atoms with Crippen LogP contribution in [0, 0.1) is 0 Å². The molecule has 0 aromatic carbocycles. The van der Waals surface area contributed by atoms with E-state index in [1.807, 2.05) is 0 Å². The van der Waals surface area contributed by atoms with Crippen molar-refractivity contribution < 1.29 is 17.5 Å². The summed E-state index contributed by atoms with van der Waals surface area (Å²) < 4.78 is 31.6. The van der Waals surface area contributed by atoms with Gasteiger partial charge in [0.05, 0.1) is 0 Å². The van der Waals surface area contributed by atoms with Crippen LogP contribution in [0.15, 0.2) is 0 Å². The van der Waals surface area contributed by atoms with Gasteiger partial charge in [-0.25, -0.2) is 0 Å². The number of nitrogens with zero attached hydrogens (tertiary/aromatic N) is 1. The van der Waals surface area contributed by atoms with Crippen LogP contribution < -0.4 is 0 Å². The van der Waals surface area contributed by atoms with Gasteiger partial charge in [-0.15, -0.1) is 0 Å². The lowest BCUT2D eigenvalue weighted by Crippen LogP contribution is -2.24. The zero-order chi connectivity index (χ0) is 11.8. The normalized spacial score (nSPS) is 13.4. The van der Waals surface area contributed by atoms with Gasteiger partial charge in [0, 0.05) is 6.04 Å². The molecule has 0 amide bonds. The highest BCUT2D eigenvalue weighted by Crippen LogP contribution is 2.03. The summed E-state index contributed by atoms with van der Waals surface area (Å²) in [6.45, 7) is 4.51. The van der Waals surface area contributed by atoms with Gasteiger partial charge in [0.25, 0.3) is 0 Å². The highest BCUT2D eigenvalue weighted by atomic mass is 32.3. The fourth-order valence-corrected chi connectivity index (χ4v) is 0.758. The Kier molecular flexibility index (Phi) is 9.49. The molecule has 14 heavy (non-hydrogen) atoms. The van der Waals surface area contributed by atoms with E-state index in [0.29, 0.717) is 0 Å². The Balaban J connectivity index is 0. The van der Waals surface area contributed by atoms with E-state index in [-0.39, 0.29) is 0 Å². The molecule has 88 valence electrons. The lowest BCUT2D eigenvalue weighted by Gasteiger charge is -2.18. The van der Waals surface area contributed by atoms with Crippen LogP contribution in [0.25, 0.3) is 0 Å². The first-order valence-corrected chi connectivity index (χ1v) is 5.94. The maximum absolute atomic E-state index is 8.74. The minimum Gasteiger partial charge on any atom is -0.307 e. The standard InChI is InChI=1S/C8H19N.H2O4S/c1-5-6-7-8(2)9(3)4;1-5(2,3)4/h8H,5-7H2,1-4H3;(H2,1,2,3,4). The molecule has 1 atom stereocenters. The van der Waals surface area contributed by atoms with E-state index in [4.69, 9.17) is 17.5 Å².